The molecule has 118 valence electrons. The zero-order chi connectivity index (χ0) is 15.2. The first-order valence-electron chi connectivity index (χ1n) is 7.77. The third-order valence-electron chi connectivity index (χ3n) is 4.01. The van der Waals surface area contributed by atoms with E-state index in [0.29, 0.717) is 12.1 Å². The molecule has 1 atom stereocenters. The number of benzene rings is 1. The van der Waals surface area contributed by atoms with Gasteiger partial charge in [0.2, 0.25) is 0 Å². The Morgan fingerprint density at radius 3 is 2.86 bits per heavy atom. The van der Waals surface area contributed by atoms with Crippen LogP contribution in [0.3, 0.4) is 0 Å². The van der Waals surface area contributed by atoms with Crippen LogP contribution >= 0.6 is 0 Å². The lowest BCUT2D eigenvalue weighted by Crippen LogP contribution is -2.31. The molecule has 1 saturated heterocycles. The van der Waals surface area contributed by atoms with E-state index in [1.807, 2.05) is 0 Å². The molecular formula is C17H28N2O2. The molecule has 1 N–H and O–H groups in total. The number of ether oxygens (including phenoxy) is 2. The molecule has 1 aromatic carbocycles. The number of likely N-dealkylation sites (N-methyl/N-ethyl adjacent to an activating group) is 1. The molecule has 1 aromatic rings. The van der Waals surface area contributed by atoms with Gasteiger partial charge in [0.25, 0.3) is 0 Å². The summed E-state index contributed by atoms with van der Waals surface area (Å²) in [6.45, 7) is 7.84. The minimum Gasteiger partial charge on any atom is -0.496 e. The lowest BCUT2D eigenvalue weighted by Gasteiger charge is -2.24. The summed E-state index contributed by atoms with van der Waals surface area (Å²) in [5.41, 5.74) is 2.55. The van der Waals surface area contributed by atoms with Gasteiger partial charge in [-0.1, -0.05) is 19.9 Å². The van der Waals surface area contributed by atoms with E-state index in [1.165, 1.54) is 11.1 Å². The van der Waals surface area contributed by atoms with Crippen molar-refractivity contribution in [2.45, 2.75) is 45.4 Å². The summed E-state index contributed by atoms with van der Waals surface area (Å²) >= 11 is 0. The molecule has 4 heteroatoms. The summed E-state index contributed by atoms with van der Waals surface area (Å²) in [6.07, 6.45) is 1.12. The first-order valence-corrected chi connectivity index (χ1v) is 7.77. The van der Waals surface area contributed by atoms with E-state index in [0.717, 1.165) is 38.5 Å². The van der Waals surface area contributed by atoms with Gasteiger partial charge in [0, 0.05) is 37.3 Å². The highest BCUT2D eigenvalue weighted by atomic mass is 16.5. The fourth-order valence-electron chi connectivity index (χ4n) is 2.65. The van der Waals surface area contributed by atoms with Gasteiger partial charge in [-0.25, -0.2) is 0 Å². The van der Waals surface area contributed by atoms with Gasteiger partial charge in [0.05, 0.1) is 13.7 Å². The van der Waals surface area contributed by atoms with Crippen LogP contribution in [0.4, 0.5) is 0 Å². The highest BCUT2D eigenvalue weighted by Crippen LogP contribution is 2.23. The smallest absolute Gasteiger partial charge is 0.123 e. The van der Waals surface area contributed by atoms with Gasteiger partial charge in [-0.3, -0.25) is 4.90 Å². The number of nitrogens with one attached hydrogen (secondary N) is 1. The van der Waals surface area contributed by atoms with Crippen molar-refractivity contribution in [2.75, 3.05) is 27.4 Å². The lowest BCUT2D eigenvalue weighted by molar-refractivity contribution is 0.156. The lowest BCUT2D eigenvalue weighted by atomic mass is 10.1. The highest BCUT2D eigenvalue weighted by molar-refractivity contribution is 5.37. The molecule has 2 rings (SSSR count). The van der Waals surface area contributed by atoms with E-state index in [1.54, 1.807) is 7.11 Å². The van der Waals surface area contributed by atoms with Gasteiger partial charge in [0.1, 0.15) is 5.75 Å². The van der Waals surface area contributed by atoms with Crippen molar-refractivity contribution < 1.29 is 9.47 Å². The third kappa shape index (κ3) is 4.70. The van der Waals surface area contributed by atoms with Crippen molar-refractivity contribution >= 4 is 0 Å². The summed E-state index contributed by atoms with van der Waals surface area (Å²) in [5, 5.41) is 3.46. The maximum atomic E-state index is 5.51. The second kappa shape index (κ2) is 7.78. The van der Waals surface area contributed by atoms with E-state index in [9.17, 15) is 0 Å². The standard InChI is InChI=1S/C17H28N2O2/c1-13(2)18-10-14-5-6-17(20-4)15(9-14)11-19(3)16-7-8-21-12-16/h5-6,9,13,16,18H,7-8,10-12H2,1-4H3. The Balaban J connectivity index is 2.05. The van der Waals surface area contributed by atoms with Crippen LogP contribution in [0.5, 0.6) is 5.75 Å². The number of methoxy groups -OCH3 is 1. The monoisotopic (exact) mass is 292 g/mol. The van der Waals surface area contributed by atoms with Crippen LogP contribution in [0.25, 0.3) is 0 Å². The summed E-state index contributed by atoms with van der Waals surface area (Å²) in [5.74, 6) is 0.967. The minimum absolute atomic E-state index is 0.494. The predicted octanol–water partition coefficient (Wildman–Crippen LogP) is 2.41. The minimum atomic E-state index is 0.494. The number of rotatable bonds is 7. The summed E-state index contributed by atoms with van der Waals surface area (Å²) < 4.78 is 11.0. The quantitative estimate of drug-likeness (QED) is 0.837. The van der Waals surface area contributed by atoms with Gasteiger partial charge >= 0.3 is 0 Å². The number of hydrogen-bond donors (Lipinski definition) is 1. The maximum Gasteiger partial charge on any atom is 0.123 e. The van der Waals surface area contributed by atoms with E-state index < -0.39 is 0 Å². The fourth-order valence-corrected chi connectivity index (χ4v) is 2.65. The molecular weight excluding hydrogens is 264 g/mol. The van der Waals surface area contributed by atoms with Crippen molar-refractivity contribution in [2.24, 2.45) is 0 Å². The van der Waals surface area contributed by atoms with Crippen LogP contribution in [0.1, 0.15) is 31.4 Å². The van der Waals surface area contributed by atoms with Gasteiger partial charge in [-0.2, -0.15) is 0 Å². The Hall–Kier alpha value is -1.10. The van der Waals surface area contributed by atoms with Crippen molar-refractivity contribution in [1.82, 2.24) is 10.2 Å². The molecule has 0 spiro atoms. The van der Waals surface area contributed by atoms with Crippen molar-refractivity contribution in [1.29, 1.82) is 0 Å². The summed E-state index contributed by atoms with van der Waals surface area (Å²) in [4.78, 5) is 2.37. The Kier molecular flexibility index (Phi) is 6.03. The fraction of sp³-hybridized carbons (Fsp3) is 0.647. The van der Waals surface area contributed by atoms with Crippen molar-refractivity contribution in [3.63, 3.8) is 0 Å². The molecule has 1 unspecified atom stereocenters. The number of nitrogens with zero attached hydrogens (tertiary/aromatic N) is 1. The Morgan fingerprint density at radius 2 is 2.24 bits per heavy atom. The topological polar surface area (TPSA) is 33.7 Å². The summed E-state index contributed by atoms with van der Waals surface area (Å²) in [6, 6.07) is 7.48. The largest absolute Gasteiger partial charge is 0.496 e. The van der Waals surface area contributed by atoms with Crippen molar-refractivity contribution in [3.8, 4) is 5.75 Å². The summed E-state index contributed by atoms with van der Waals surface area (Å²) in [7, 11) is 3.90. The second-order valence-electron chi connectivity index (χ2n) is 6.11. The van der Waals surface area contributed by atoms with Crippen LogP contribution in [0.2, 0.25) is 0 Å². The molecule has 1 heterocycles. The van der Waals surface area contributed by atoms with Gasteiger partial charge in [-0.05, 0) is 31.2 Å². The zero-order valence-corrected chi connectivity index (χ0v) is 13.7. The Labute approximate surface area is 128 Å². The van der Waals surface area contributed by atoms with Crippen molar-refractivity contribution in [3.05, 3.63) is 29.3 Å². The zero-order valence-electron chi connectivity index (χ0n) is 13.7. The SMILES string of the molecule is COc1ccc(CNC(C)C)cc1CN(C)C1CCOC1. The van der Waals surface area contributed by atoms with E-state index in [2.05, 4.69) is 49.3 Å². The molecule has 0 radical (unpaired) electrons. The van der Waals surface area contributed by atoms with Gasteiger partial charge in [0.15, 0.2) is 0 Å². The van der Waals surface area contributed by atoms with E-state index >= 15 is 0 Å². The molecule has 1 aliphatic rings. The maximum absolute atomic E-state index is 5.51. The molecule has 1 fully saturated rings. The van der Waals surface area contributed by atoms with Gasteiger partial charge < -0.3 is 14.8 Å². The predicted molar refractivity (Wildman–Crippen MR) is 85.7 cm³/mol. The molecule has 0 amide bonds. The molecule has 0 saturated carbocycles. The molecule has 1 aliphatic heterocycles. The van der Waals surface area contributed by atoms with E-state index in [-0.39, 0.29) is 0 Å². The first-order chi connectivity index (χ1) is 10.1. The van der Waals surface area contributed by atoms with Crippen LogP contribution in [-0.4, -0.2) is 44.4 Å². The Morgan fingerprint density at radius 1 is 1.43 bits per heavy atom. The molecule has 4 nitrogen and oxygen atoms in total. The van der Waals surface area contributed by atoms with Crippen LogP contribution < -0.4 is 10.1 Å². The second-order valence-corrected chi connectivity index (χ2v) is 6.11. The Bertz CT molecular complexity index is 442. The molecule has 0 aromatic heterocycles. The average molecular weight is 292 g/mol. The van der Waals surface area contributed by atoms with Crippen LogP contribution in [-0.2, 0) is 17.8 Å². The van der Waals surface area contributed by atoms with Crippen LogP contribution in [0, 0.1) is 0 Å². The van der Waals surface area contributed by atoms with Crippen LogP contribution in [0.15, 0.2) is 18.2 Å². The molecule has 21 heavy (non-hydrogen) atoms. The molecule has 0 aliphatic carbocycles. The third-order valence-corrected chi connectivity index (χ3v) is 4.01. The highest BCUT2D eigenvalue weighted by Gasteiger charge is 2.21. The molecule has 0 bridgehead atoms. The van der Waals surface area contributed by atoms with E-state index in [4.69, 9.17) is 9.47 Å². The first kappa shape index (κ1) is 16.3. The average Bonchev–Trinajstić information content (AvgIpc) is 2.99. The number of hydrogen-bond acceptors (Lipinski definition) is 4. The van der Waals surface area contributed by atoms with Gasteiger partial charge in [-0.15, -0.1) is 0 Å². The normalized spacial score (nSPS) is 18.7.